The fraction of sp³-hybridized carbons (Fsp3) is 0.250. The van der Waals surface area contributed by atoms with Crippen LogP contribution >= 0.6 is 0 Å². The number of benzene rings is 1. The Morgan fingerprint density at radius 1 is 1.31 bits per heavy atom. The number of aliphatic hydroxyl groups excluding tert-OH is 1. The highest BCUT2D eigenvalue weighted by atomic mass is 16.6. The van der Waals surface area contributed by atoms with Crippen LogP contribution in [0.1, 0.15) is 16.1 Å². The molecule has 10 heteroatoms. The number of rotatable bonds is 9. The summed E-state index contributed by atoms with van der Waals surface area (Å²) in [5, 5.41) is 25.0. The van der Waals surface area contributed by atoms with E-state index in [0.29, 0.717) is 5.76 Å². The molecule has 0 aliphatic rings. The molecule has 138 valence electrons. The van der Waals surface area contributed by atoms with Gasteiger partial charge in [0.05, 0.1) is 29.9 Å². The Bertz CT molecular complexity index is 774. The number of anilines is 1. The number of non-ortho nitro benzene ring substituents is 1. The van der Waals surface area contributed by atoms with Crippen molar-refractivity contribution in [2.45, 2.75) is 6.54 Å². The fourth-order valence-corrected chi connectivity index (χ4v) is 2.02. The number of furan rings is 1. The molecule has 0 unspecified atom stereocenters. The molecule has 1 heterocycles. The number of nitrogens with one attached hydrogen (secondary N) is 2. The largest absolute Gasteiger partial charge is 0.467 e. The van der Waals surface area contributed by atoms with Gasteiger partial charge in [0.2, 0.25) is 0 Å². The molecule has 0 aliphatic heterocycles. The van der Waals surface area contributed by atoms with Gasteiger partial charge in [-0.2, -0.15) is 0 Å². The lowest BCUT2D eigenvalue weighted by molar-refractivity contribution is -0.384. The van der Waals surface area contributed by atoms with Crippen LogP contribution in [0.5, 0.6) is 0 Å². The average Bonchev–Trinajstić information content (AvgIpc) is 3.16. The van der Waals surface area contributed by atoms with E-state index in [4.69, 9.17) is 14.3 Å². The Morgan fingerprint density at radius 2 is 2.12 bits per heavy atom. The summed E-state index contributed by atoms with van der Waals surface area (Å²) in [6.45, 7) is -0.465. The standard InChI is InChI=1S/C16H17N3O7/c20-6-5-17-14-4-3-11(19(23)24)8-13(14)16(22)26-10-15(21)18-9-12-2-1-7-25-12/h1-4,7-8,17,20H,5-6,9-10H2,(H,18,21). The van der Waals surface area contributed by atoms with Crippen molar-refractivity contribution in [2.24, 2.45) is 0 Å². The maximum absolute atomic E-state index is 12.2. The molecule has 2 rings (SSSR count). The predicted molar refractivity (Wildman–Crippen MR) is 89.5 cm³/mol. The number of carbonyl (C=O) groups is 2. The Labute approximate surface area is 147 Å². The van der Waals surface area contributed by atoms with Crippen LogP contribution < -0.4 is 10.6 Å². The van der Waals surface area contributed by atoms with Crippen LogP contribution in [0, 0.1) is 10.1 Å². The number of amides is 1. The summed E-state index contributed by atoms with van der Waals surface area (Å²) in [5.74, 6) is -0.911. The molecule has 0 atom stereocenters. The third kappa shape index (κ3) is 5.31. The third-order valence-electron chi connectivity index (χ3n) is 3.24. The van der Waals surface area contributed by atoms with Crippen LogP contribution in [0.15, 0.2) is 41.0 Å². The molecule has 0 aliphatic carbocycles. The second-order valence-corrected chi connectivity index (χ2v) is 5.07. The minimum Gasteiger partial charge on any atom is -0.467 e. The topological polar surface area (TPSA) is 144 Å². The highest BCUT2D eigenvalue weighted by Gasteiger charge is 2.19. The van der Waals surface area contributed by atoms with Crippen molar-refractivity contribution in [3.63, 3.8) is 0 Å². The zero-order valence-corrected chi connectivity index (χ0v) is 13.6. The van der Waals surface area contributed by atoms with Crippen LogP contribution in [0.2, 0.25) is 0 Å². The highest BCUT2D eigenvalue weighted by Crippen LogP contribution is 2.23. The molecule has 1 aromatic carbocycles. The quantitative estimate of drug-likeness (QED) is 0.341. The number of carbonyl (C=O) groups excluding carboxylic acids is 2. The SMILES string of the molecule is O=C(COC(=O)c1cc([N+](=O)[O-])ccc1NCCO)NCc1ccco1. The summed E-state index contributed by atoms with van der Waals surface area (Å²) in [6.07, 6.45) is 1.46. The third-order valence-corrected chi connectivity index (χ3v) is 3.24. The van der Waals surface area contributed by atoms with Gasteiger partial charge in [-0.1, -0.05) is 0 Å². The average molecular weight is 363 g/mol. The molecule has 1 aromatic heterocycles. The van der Waals surface area contributed by atoms with Crippen molar-refractivity contribution >= 4 is 23.3 Å². The van der Waals surface area contributed by atoms with Gasteiger partial charge < -0.3 is 24.9 Å². The second-order valence-electron chi connectivity index (χ2n) is 5.07. The van der Waals surface area contributed by atoms with E-state index in [2.05, 4.69) is 10.6 Å². The number of hydrogen-bond acceptors (Lipinski definition) is 8. The molecule has 0 spiro atoms. The van der Waals surface area contributed by atoms with E-state index in [-0.39, 0.29) is 36.6 Å². The van der Waals surface area contributed by atoms with Crippen molar-refractivity contribution < 1.29 is 28.8 Å². The fourth-order valence-electron chi connectivity index (χ4n) is 2.02. The molecular weight excluding hydrogens is 346 g/mol. The molecule has 1 amide bonds. The Morgan fingerprint density at radius 3 is 2.77 bits per heavy atom. The lowest BCUT2D eigenvalue weighted by Crippen LogP contribution is -2.28. The van der Waals surface area contributed by atoms with Gasteiger partial charge in [0.25, 0.3) is 11.6 Å². The first-order chi connectivity index (χ1) is 12.5. The maximum Gasteiger partial charge on any atom is 0.341 e. The number of nitro groups is 1. The van der Waals surface area contributed by atoms with Crippen LogP contribution in [-0.2, 0) is 16.1 Å². The Balaban J connectivity index is 1.98. The van der Waals surface area contributed by atoms with Gasteiger partial charge in [-0.3, -0.25) is 14.9 Å². The van der Waals surface area contributed by atoms with Crippen molar-refractivity contribution in [1.82, 2.24) is 5.32 Å². The molecule has 26 heavy (non-hydrogen) atoms. The van der Waals surface area contributed by atoms with Gasteiger partial charge in [0, 0.05) is 24.4 Å². The molecule has 0 fully saturated rings. The van der Waals surface area contributed by atoms with Crippen LogP contribution in [-0.4, -0.2) is 41.7 Å². The zero-order chi connectivity index (χ0) is 18.9. The monoisotopic (exact) mass is 363 g/mol. The first-order valence-corrected chi connectivity index (χ1v) is 7.60. The van der Waals surface area contributed by atoms with Gasteiger partial charge in [0.15, 0.2) is 6.61 Å². The van der Waals surface area contributed by atoms with E-state index in [1.165, 1.54) is 18.4 Å². The molecule has 10 nitrogen and oxygen atoms in total. The first kappa shape index (κ1) is 18.9. The molecule has 0 bridgehead atoms. The van der Waals surface area contributed by atoms with Crippen molar-refractivity contribution in [2.75, 3.05) is 25.1 Å². The van der Waals surface area contributed by atoms with Gasteiger partial charge in [0.1, 0.15) is 5.76 Å². The van der Waals surface area contributed by atoms with Crippen LogP contribution in [0.4, 0.5) is 11.4 Å². The minimum absolute atomic E-state index is 0.105. The van der Waals surface area contributed by atoms with E-state index >= 15 is 0 Å². The van der Waals surface area contributed by atoms with E-state index in [1.54, 1.807) is 12.1 Å². The summed E-state index contributed by atoms with van der Waals surface area (Å²) in [6, 6.07) is 6.94. The van der Waals surface area contributed by atoms with E-state index in [1.807, 2.05) is 0 Å². The highest BCUT2D eigenvalue weighted by molar-refractivity contribution is 5.97. The van der Waals surface area contributed by atoms with Crippen molar-refractivity contribution in [3.8, 4) is 0 Å². The number of aliphatic hydroxyl groups is 1. The summed E-state index contributed by atoms with van der Waals surface area (Å²) in [4.78, 5) is 34.1. The summed E-state index contributed by atoms with van der Waals surface area (Å²) < 4.78 is 9.96. The molecule has 3 N–H and O–H groups in total. The first-order valence-electron chi connectivity index (χ1n) is 7.60. The zero-order valence-electron chi connectivity index (χ0n) is 13.6. The Kier molecular flexibility index (Phi) is 6.68. The van der Waals surface area contributed by atoms with Crippen molar-refractivity contribution in [1.29, 1.82) is 0 Å². The number of esters is 1. The van der Waals surface area contributed by atoms with Gasteiger partial charge in [-0.05, 0) is 18.2 Å². The summed E-state index contributed by atoms with van der Waals surface area (Å²) in [5.41, 5.74) is -0.147. The summed E-state index contributed by atoms with van der Waals surface area (Å²) in [7, 11) is 0. The van der Waals surface area contributed by atoms with Crippen LogP contribution in [0.3, 0.4) is 0 Å². The van der Waals surface area contributed by atoms with Crippen molar-refractivity contribution in [3.05, 3.63) is 58.0 Å². The second kappa shape index (κ2) is 9.18. The maximum atomic E-state index is 12.2. The molecule has 0 saturated carbocycles. The Hall–Kier alpha value is -3.40. The van der Waals surface area contributed by atoms with E-state index in [0.717, 1.165) is 6.07 Å². The molecule has 2 aromatic rings. The van der Waals surface area contributed by atoms with Crippen LogP contribution in [0.25, 0.3) is 0 Å². The number of ether oxygens (including phenoxy) is 1. The number of nitro benzene ring substituents is 1. The predicted octanol–water partition coefficient (Wildman–Crippen LogP) is 1.07. The summed E-state index contributed by atoms with van der Waals surface area (Å²) >= 11 is 0. The van der Waals surface area contributed by atoms with E-state index in [9.17, 15) is 19.7 Å². The molecule has 0 saturated heterocycles. The van der Waals surface area contributed by atoms with E-state index < -0.39 is 23.4 Å². The smallest absolute Gasteiger partial charge is 0.341 e. The lowest BCUT2D eigenvalue weighted by Gasteiger charge is -2.11. The molecule has 0 radical (unpaired) electrons. The minimum atomic E-state index is -0.901. The normalized spacial score (nSPS) is 10.2. The van der Waals surface area contributed by atoms with Gasteiger partial charge in [-0.25, -0.2) is 4.79 Å². The van der Waals surface area contributed by atoms with Gasteiger partial charge in [-0.15, -0.1) is 0 Å². The number of hydrogen-bond donors (Lipinski definition) is 3. The molecular formula is C16H17N3O7. The number of nitrogens with zero attached hydrogens (tertiary/aromatic N) is 1. The van der Waals surface area contributed by atoms with Gasteiger partial charge >= 0.3 is 5.97 Å². The lowest BCUT2D eigenvalue weighted by atomic mass is 10.1.